The molecule has 0 rings (SSSR count). The van der Waals surface area contributed by atoms with Crippen molar-refractivity contribution in [3.8, 4) is 0 Å². The quantitative estimate of drug-likeness (QED) is 0.0420. The van der Waals surface area contributed by atoms with Gasteiger partial charge in [0.2, 0.25) is 5.91 Å². The molecule has 0 saturated carbocycles. The van der Waals surface area contributed by atoms with Crippen LogP contribution in [-0.4, -0.2) is 34.9 Å². The van der Waals surface area contributed by atoms with Crippen LogP contribution in [0.4, 0.5) is 0 Å². The van der Waals surface area contributed by atoms with Crippen LogP contribution < -0.4 is 5.32 Å². The first-order valence-corrected chi connectivity index (χ1v) is 29.8. The summed E-state index contributed by atoms with van der Waals surface area (Å²) in [5.74, 6) is -0.0298. The Bertz CT molecular complexity index is 1210. The Hall–Kier alpha value is -2.43. The first kappa shape index (κ1) is 65.6. The van der Waals surface area contributed by atoms with Crippen molar-refractivity contribution in [1.82, 2.24) is 5.32 Å². The molecule has 2 atom stereocenters. The minimum absolute atomic E-state index is 0.0298. The maximum absolute atomic E-state index is 12.5. The van der Waals surface area contributed by atoms with E-state index in [0.717, 1.165) is 70.6 Å². The number of carbonyl (C=O) groups excluding carboxylic acids is 1. The van der Waals surface area contributed by atoms with E-state index in [4.69, 9.17) is 0 Å². The first-order chi connectivity index (χ1) is 33.7. The molecule has 0 fully saturated rings. The average molecular weight is 947 g/mol. The van der Waals surface area contributed by atoms with Crippen LogP contribution in [0.2, 0.25) is 0 Å². The third-order valence-corrected chi connectivity index (χ3v) is 13.4. The lowest BCUT2D eigenvalue weighted by molar-refractivity contribution is -0.123. The molecule has 0 aliphatic heterocycles. The van der Waals surface area contributed by atoms with E-state index in [-0.39, 0.29) is 12.5 Å². The van der Waals surface area contributed by atoms with Crippen LogP contribution in [0, 0.1) is 0 Å². The summed E-state index contributed by atoms with van der Waals surface area (Å²) in [6.45, 7) is 4.26. The molecule has 0 aromatic heterocycles. The predicted molar refractivity (Wildman–Crippen MR) is 303 cm³/mol. The number of unbranched alkanes of at least 4 members (excludes halogenated alkanes) is 33. The monoisotopic (exact) mass is 946 g/mol. The van der Waals surface area contributed by atoms with Gasteiger partial charge in [0.1, 0.15) is 0 Å². The number of nitrogens with one attached hydrogen (secondary N) is 1. The van der Waals surface area contributed by atoms with Crippen molar-refractivity contribution in [3.63, 3.8) is 0 Å². The second kappa shape index (κ2) is 58.9. The molecule has 0 bridgehead atoms. The van der Waals surface area contributed by atoms with E-state index in [2.05, 4.69) is 104 Å². The van der Waals surface area contributed by atoms with E-state index in [0.29, 0.717) is 12.8 Å². The van der Waals surface area contributed by atoms with Gasteiger partial charge in [0.25, 0.3) is 0 Å². The minimum Gasteiger partial charge on any atom is -0.394 e. The van der Waals surface area contributed by atoms with Gasteiger partial charge in [-0.2, -0.15) is 0 Å². The number of hydrogen-bond acceptors (Lipinski definition) is 3. The zero-order valence-corrected chi connectivity index (χ0v) is 45.4. The molecule has 0 spiro atoms. The van der Waals surface area contributed by atoms with Gasteiger partial charge < -0.3 is 15.5 Å². The minimum atomic E-state index is -0.662. The van der Waals surface area contributed by atoms with Crippen molar-refractivity contribution < 1.29 is 15.0 Å². The lowest BCUT2D eigenvalue weighted by Gasteiger charge is -2.22. The smallest absolute Gasteiger partial charge is 0.220 e. The van der Waals surface area contributed by atoms with Crippen molar-refractivity contribution >= 4 is 5.91 Å². The standard InChI is InChI=1S/C64H115NO3/c1-3-5-7-9-11-13-15-17-19-21-22-23-24-25-26-27-28-29-30-31-32-33-34-35-36-37-38-39-40-41-42-44-46-48-50-52-54-56-58-60-64(68)65-62(61-66)63(67)59-57-55-53-51-49-47-45-43-20-18-16-14-12-10-8-6-4-2/h5,7,11,13,17,19,22-23,25-26,28-29,31-32,62-63,66-67H,3-4,6,8-10,12,14-16,18,20-21,24,27,30,33-61H2,1-2H3,(H,65,68)/b7-5-,13-11-,19-17-,23-22-,26-25-,29-28-,32-31-. The number of hydrogen-bond donors (Lipinski definition) is 3. The Balaban J connectivity index is 3.47. The van der Waals surface area contributed by atoms with Crippen LogP contribution in [0.15, 0.2) is 85.1 Å². The van der Waals surface area contributed by atoms with Gasteiger partial charge in [-0.1, -0.05) is 304 Å². The van der Waals surface area contributed by atoms with Crippen molar-refractivity contribution in [2.24, 2.45) is 0 Å². The van der Waals surface area contributed by atoms with Gasteiger partial charge in [0, 0.05) is 6.42 Å². The molecule has 0 radical (unpaired) electrons. The molecule has 68 heavy (non-hydrogen) atoms. The van der Waals surface area contributed by atoms with E-state index < -0.39 is 12.1 Å². The molecular weight excluding hydrogens is 831 g/mol. The fraction of sp³-hybridized carbons (Fsp3) is 0.766. The van der Waals surface area contributed by atoms with Gasteiger partial charge >= 0.3 is 0 Å². The highest BCUT2D eigenvalue weighted by molar-refractivity contribution is 5.76. The van der Waals surface area contributed by atoms with Crippen LogP contribution in [0.1, 0.15) is 296 Å². The number of amides is 1. The Morgan fingerprint density at radius 1 is 0.368 bits per heavy atom. The fourth-order valence-corrected chi connectivity index (χ4v) is 8.93. The highest BCUT2D eigenvalue weighted by Crippen LogP contribution is 2.17. The third-order valence-electron chi connectivity index (χ3n) is 13.4. The number of rotatable bonds is 54. The molecule has 0 heterocycles. The summed E-state index contributed by atoms with van der Waals surface area (Å²) >= 11 is 0. The van der Waals surface area contributed by atoms with Crippen molar-refractivity contribution in [2.75, 3.05) is 6.61 Å². The summed E-state index contributed by atoms with van der Waals surface area (Å²) in [5, 5.41) is 23.3. The van der Waals surface area contributed by atoms with Crippen LogP contribution in [0.3, 0.4) is 0 Å². The maximum Gasteiger partial charge on any atom is 0.220 e. The van der Waals surface area contributed by atoms with Gasteiger partial charge in [-0.05, 0) is 70.6 Å². The molecule has 0 saturated heterocycles. The lowest BCUT2D eigenvalue weighted by atomic mass is 10.0. The van der Waals surface area contributed by atoms with E-state index in [1.807, 2.05) is 0 Å². The van der Waals surface area contributed by atoms with Crippen molar-refractivity contribution in [1.29, 1.82) is 0 Å². The molecule has 0 aromatic rings. The number of carbonyl (C=O) groups is 1. The molecule has 0 aliphatic rings. The first-order valence-electron chi connectivity index (χ1n) is 29.8. The molecule has 1 amide bonds. The highest BCUT2D eigenvalue weighted by atomic mass is 16.3. The Labute approximate surface area is 424 Å². The molecule has 3 N–H and O–H groups in total. The molecule has 2 unspecified atom stereocenters. The van der Waals surface area contributed by atoms with E-state index in [1.165, 1.54) is 199 Å². The lowest BCUT2D eigenvalue weighted by Crippen LogP contribution is -2.45. The van der Waals surface area contributed by atoms with Gasteiger partial charge in [0.15, 0.2) is 0 Å². The Morgan fingerprint density at radius 2 is 0.647 bits per heavy atom. The van der Waals surface area contributed by atoms with Gasteiger partial charge in [-0.15, -0.1) is 0 Å². The second-order valence-electron chi connectivity index (χ2n) is 20.0. The van der Waals surface area contributed by atoms with Crippen LogP contribution in [0.25, 0.3) is 0 Å². The normalized spacial score (nSPS) is 13.4. The summed E-state index contributed by atoms with van der Waals surface area (Å²) < 4.78 is 0. The summed E-state index contributed by atoms with van der Waals surface area (Å²) in [5.41, 5.74) is 0. The molecule has 0 aromatic carbocycles. The summed E-state index contributed by atoms with van der Waals surface area (Å²) in [7, 11) is 0. The topological polar surface area (TPSA) is 69.6 Å². The molecule has 4 nitrogen and oxygen atoms in total. The zero-order valence-electron chi connectivity index (χ0n) is 45.4. The van der Waals surface area contributed by atoms with Crippen molar-refractivity contribution in [2.45, 2.75) is 309 Å². The number of aliphatic hydroxyl groups is 2. The highest BCUT2D eigenvalue weighted by Gasteiger charge is 2.20. The number of allylic oxidation sites excluding steroid dienone is 14. The predicted octanol–water partition coefficient (Wildman–Crippen LogP) is 19.9. The Morgan fingerprint density at radius 3 is 0.971 bits per heavy atom. The van der Waals surface area contributed by atoms with Crippen LogP contribution in [0.5, 0.6) is 0 Å². The average Bonchev–Trinajstić information content (AvgIpc) is 3.34. The Kier molecular flexibility index (Phi) is 56.8. The van der Waals surface area contributed by atoms with Crippen LogP contribution in [-0.2, 0) is 4.79 Å². The van der Waals surface area contributed by atoms with Gasteiger partial charge in [-0.3, -0.25) is 4.79 Å². The van der Waals surface area contributed by atoms with E-state index in [1.54, 1.807) is 0 Å². The summed E-state index contributed by atoms with van der Waals surface area (Å²) in [6, 6.07) is -0.539. The zero-order chi connectivity index (χ0) is 49.2. The fourth-order valence-electron chi connectivity index (χ4n) is 8.93. The SMILES string of the molecule is CC/C=C\C/C=C\C/C=C\C/C=C\C/C=C\C/C=C\C/C=C\CCCCCCCCCCCCCCCCCCCC(=O)NC(CO)C(O)CCCCCCCCCCCCCCCCCCC. The third kappa shape index (κ3) is 54.5. The van der Waals surface area contributed by atoms with Gasteiger partial charge in [-0.25, -0.2) is 0 Å². The van der Waals surface area contributed by atoms with E-state index in [9.17, 15) is 15.0 Å². The summed E-state index contributed by atoms with van der Waals surface area (Å²) in [4.78, 5) is 12.5. The van der Waals surface area contributed by atoms with E-state index >= 15 is 0 Å². The molecular formula is C64H115NO3. The largest absolute Gasteiger partial charge is 0.394 e. The molecule has 394 valence electrons. The molecule has 4 heteroatoms. The second-order valence-corrected chi connectivity index (χ2v) is 20.0. The van der Waals surface area contributed by atoms with Crippen molar-refractivity contribution in [3.05, 3.63) is 85.1 Å². The van der Waals surface area contributed by atoms with Gasteiger partial charge in [0.05, 0.1) is 18.8 Å². The number of aliphatic hydroxyl groups excluding tert-OH is 2. The van der Waals surface area contributed by atoms with Crippen LogP contribution >= 0.6 is 0 Å². The maximum atomic E-state index is 12.5. The molecule has 0 aliphatic carbocycles. The summed E-state index contributed by atoms with van der Waals surface area (Å²) in [6.07, 6.45) is 85.8.